The van der Waals surface area contributed by atoms with E-state index in [-0.39, 0.29) is 11.5 Å². The van der Waals surface area contributed by atoms with Crippen molar-refractivity contribution in [2.24, 2.45) is 18.9 Å². The summed E-state index contributed by atoms with van der Waals surface area (Å²) in [5.41, 5.74) is 0.338. The standard InChI is InChI=1S/C13H16N2O4/c1-15-7-8(5-6-11(15)16)14-12(17)9-3-2-4-10(9)13(18)19/h5-7,9-10H,2-4H2,1H3,(H,14,17)(H,18,19). The zero-order valence-electron chi connectivity index (χ0n) is 10.6. The van der Waals surface area contributed by atoms with E-state index in [0.717, 1.165) is 6.42 Å². The fraction of sp³-hybridized carbons (Fsp3) is 0.462. The number of aliphatic carboxylic acids is 1. The molecule has 0 spiro atoms. The van der Waals surface area contributed by atoms with Crippen LogP contribution in [0.4, 0.5) is 5.69 Å². The van der Waals surface area contributed by atoms with Gasteiger partial charge in [0.25, 0.3) is 0 Å². The fourth-order valence-corrected chi connectivity index (χ4v) is 2.47. The molecule has 1 fully saturated rings. The molecule has 6 heteroatoms. The number of anilines is 1. The highest BCUT2D eigenvalue weighted by atomic mass is 16.4. The van der Waals surface area contributed by atoms with Crippen LogP contribution < -0.4 is 10.9 Å². The molecule has 6 nitrogen and oxygen atoms in total. The second-order valence-corrected chi connectivity index (χ2v) is 4.84. The highest BCUT2D eigenvalue weighted by Gasteiger charge is 2.37. The van der Waals surface area contributed by atoms with Gasteiger partial charge in [-0.3, -0.25) is 14.4 Å². The zero-order chi connectivity index (χ0) is 14.0. The van der Waals surface area contributed by atoms with Crippen LogP contribution >= 0.6 is 0 Å². The topological polar surface area (TPSA) is 88.4 Å². The summed E-state index contributed by atoms with van der Waals surface area (Å²) < 4.78 is 1.36. The Morgan fingerprint density at radius 2 is 2.00 bits per heavy atom. The Hall–Kier alpha value is -2.11. The summed E-state index contributed by atoms with van der Waals surface area (Å²) in [7, 11) is 1.59. The molecule has 0 saturated heterocycles. The molecule has 1 aromatic heterocycles. The molecule has 1 heterocycles. The van der Waals surface area contributed by atoms with Crippen molar-refractivity contribution in [2.45, 2.75) is 19.3 Å². The smallest absolute Gasteiger partial charge is 0.307 e. The SMILES string of the molecule is Cn1cc(NC(=O)C2CCCC2C(=O)O)ccc1=O. The fourth-order valence-electron chi connectivity index (χ4n) is 2.47. The first-order chi connectivity index (χ1) is 8.99. The number of amides is 1. The summed E-state index contributed by atoms with van der Waals surface area (Å²) in [6.07, 6.45) is 3.41. The van der Waals surface area contributed by atoms with E-state index in [1.165, 1.54) is 22.9 Å². The van der Waals surface area contributed by atoms with Crippen LogP contribution in [0.15, 0.2) is 23.1 Å². The van der Waals surface area contributed by atoms with Crippen LogP contribution in [0.25, 0.3) is 0 Å². The maximum atomic E-state index is 12.1. The molecule has 0 aliphatic heterocycles. The van der Waals surface area contributed by atoms with Crippen molar-refractivity contribution in [3.05, 3.63) is 28.7 Å². The first-order valence-corrected chi connectivity index (χ1v) is 6.19. The van der Waals surface area contributed by atoms with Crippen LogP contribution in [-0.4, -0.2) is 21.6 Å². The van der Waals surface area contributed by atoms with Crippen LogP contribution in [0, 0.1) is 11.8 Å². The summed E-state index contributed by atoms with van der Waals surface area (Å²) in [4.78, 5) is 34.3. The number of nitrogens with one attached hydrogen (secondary N) is 1. The second-order valence-electron chi connectivity index (χ2n) is 4.84. The molecule has 1 amide bonds. The van der Waals surface area contributed by atoms with Crippen molar-refractivity contribution in [3.63, 3.8) is 0 Å². The van der Waals surface area contributed by atoms with E-state index < -0.39 is 17.8 Å². The third-order valence-electron chi connectivity index (χ3n) is 3.52. The van der Waals surface area contributed by atoms with Gasteiger partial charge in [-0.25, -0.2) is 0 Å². The van der Waals surface area contributed by atoms with E-state index in [2.05, 4.69) is 5.32 Å². The van der Waals surface area contributed by atoms with Gasteiger partial charge in [-0.15, -0.1) is 0 Å². The van der Waals surface area contributed by atoms with Crippen LogP contribution in [0.2, 0.25) is 0 Å². The number of rotatable bonds is 3. The molecule has 0 bridgehead atoms. The number of hydrogen-bond donors (Lipinski definition) is 2. The minimum absolute atomic E-state index is 0.165. The van der Waals surface area contributed by atoms with Gasteiger partial charge in [0.05, 0.1) is 17.5 Å². The van der Waals surface area contributed by atoms with E-state index in [0.29, 0.717) is 18.5 Å². The maximum Gasteiger partial charge on any atom is 0.307 e. The highest BCUT2D eigenvalue weighted by molar-refractivity contribution is 5.95. The lowest BCUT2D eigenvalue weighted by Crippen LogP contribution is -2.30. The number of hydrogen-bond acceptors (Lipinski definition) is 3. The Bertz CT molecular complexity index is 564. The number of pyridine rings is 1. The molecule has 1 saturated carbocycles. The van der Waals surface area contributed by atoms with Gasteiger partial charge in [0.1, 0.15) is 0 Å². The molecule has 2 unspecified atom stereocenters. The molecule has 19 heavy (non-hydrogen) atoms. The summed E-state index contributed by atoms with van der Waals surface area (Å²) in [5.74, 6) is -2.30. The van der Waals surface area contributed by atoms with Crippen molar-refractivity contribution in [3.8, 4) is 0 Å². The van der Waals surface area contributed by atoms with Gasteiger partial charge in [0, 0.05) is 19.3 Å². The number of carboxylic acid groups (broad SMARTS) is 1. The number of aromatic nitrogens is 1. The van der Waals surface area contributed by atoms with Crippen molar-refractivity contribution in [2.75, 3.05) is 5.32 Å². The van der Waals surface area contributed by atoms with Crippen LogP contribution in [0.3, 0.4) is 0 Å². The molecular weight excluding hydrogens is 248 g/mol. The third-order valence-corrected chi connectivity index (χ3v) is 3.52. The first-order valence-electron chi connectivity index (χ1n) is 6.19. The lowest BCUT2D eigenvalue weighted by Gasteiger charge is -2.15. The van der Waals surface area contributed by atoms with Crippen molar-refractivity contribution in [1.29, 1.82) is 0 Å². The van der Waals surface area contributed by atoms with Crippen molar-refractivity contribution < 1.29 is 14.7 Å². The summed E-state index contributed by atoms with van der Waals surface area (Å²) in [6.45, 7) is 0. The molecule has 2 rings (SSSR count). The van der Waals surface area contributed by atoms with E-state index in [4.69, 9.17) is 5.11 Å². The Morgan fingerprint density at radius 1 is 1.32 bits per heavy atom. The number of aryl methyl sites for hydroxylation is 1. The van der Waals surface area contributed by atoms with E-state index in [1.807, 2.05) is 0 Å². The molecule has 0 aromatic carbocycles. The molecule has 1 aromatic rings. The van der Waals surface area contributed by atoms with Crippen LogP contribution in [0.1, 0.15) is 19.3 Å². The molecule has 0 radical (unpaired) electrons. The third kappa shape index (κ3) is 2.83. The van der Waals surface area contributed by atoms with Crippen molar-refractivity contribution in [1.82, 2.24) is 4.57 Å². The van der Waals surface area contributed by atoms with Gasteiger partial charge in [-0.05, 0) is 18.9 Å². The van der Waals surface area contributed by atoms with E-state index in [9.17, 15) is 14.4 Å². The van der Waals surface area contributed by atoms with Crippen molar-refractivity contribution >= 4 is 17.6 Å². The van der Waals surface area contributed by atoms with Gasteiger partial charge in [0.15, 0.2) is 0 Å². The van der Waals surface area contributed by atoms with Gasteiger partial charge in [0.2, 0.25) is 11.5 Å². The summed E-state index contributed by atoms with van der Waals surface area (Å²) in [6, 6.07) is 2.88. The average molecular weight is 264 g/mol. The predicted octanol–water partition coefficient (Wildman–Crippen LogP) is 0.825. The van der Waals surface area contributed by atoms with Gasteiger partial charge < -0.3 is 15.0 Å². The maximum absolute atomic E-state index is 12.1. The predicted molar refractivity (Wildman–Crippen MR) is 68.8 cm³/mol. The Balaban J connectivity index is 2.10. The number of carbonyl (C=O) groups is 2. The van der Waals surface area contributed by atoms with Gasteiger partial charge in [-0.2, -0.15) is 0 Å². The minimum Gasteiger partial charge on any atom is -0.481 e. The lowest BCUT2D eigenvalue weighted by molar-refractivity contribution is -0.145. The molecule has 2 N–H and O–H groups in total. The first kappa shape index (κ1) is 13.3. The van der Waals surface area contributed by atoms with E-state index >= 15 is 0 Å². The summed E-state index contributed by atoms with van der Waals surface area (Å²) >= 11 is 0. The van der Waals surface area contributed by atoms with Crippen LogP contribution in [0.5, 0.6) is 0 Å². The molecular formula is C13H16N2O4. The second kappa shape index (κ2) is 5.26. The lowest BCUT2D eigenvalue weighted by atomic mass is 9.95. The Morgan fingerprint density at radius 3 is 2.63 bits per heavy atom. The zero-order valence-corrected chi connectivity index (χ0v) is 10.6. The van der Waals surface area contributed by atoms with Gasteiger partial charge in [-0.1, -0.05) is 6.42 Å². The Labute approximate surface area is 110 Å². The van der Waals surface area contributed by atoms with E-state index in [1.54, 1.807) is 7.05 Å². The van der Waals surface area contributed by atoms with Gasteiger partial charge >= 0.3 is 5.97 Å². The average Bonchev–Trinajstić information content (AvgIpc) is 2.83. The number of nitrogens with zero attached hydrogens (tertiary/aromatic N) is 1. The molecule has 1 aliphatic carbocycles. The summed E-state index contributed by atoms with van der Waals surface area (Å²) in [5, 5.41) is 11.7. The Kier molecular flexibility index (Phi) is 3.69. The normalized spacial score (nSPS) is 22.2. The molecule has 1 aliphatic rings. The largest absolute Gasteiger partial charge is 0.481 e. The molecule has 102 valence electrons. The minimum atomic E-state index is -0.918. The molecule has 2 atom stereocenters. The monoisotopic (exact) mass is 264 g/mol. The number of carbonyl (C=O) groups excluding carboxylic acids is 1. The quantitative estimate of drug-likeness (QED) is 0.846. The van der Waals surface area contributed by atoms with Crippen LogP contribution in [-0.2, 0) is 16.6 Å². The highest BCUT2D eigenvalue weighted by Crippen LogP contribution is 2.32. The number of carboxylic acids is 1.